The summed E-state index contributed by atoms with van der Waals surface area (Å²) in [6.45, 7) is 0. The molecular formula is C48H28N6. The second kappa shape index (κ2) is 12.2. The van der Waals surface area contributed by atoms with Crippen LogP contribution in [0.3, 0.4) is 0 Å². The fraction of sp³-hybridized carbons (Fsp3) is 0.0208. The molecule has 7 aromatic carbocycles. The normalized spacial score (nSPS) is 12.9. The van der Waals surface area contributed by atoms with E-state index in [0.29, 0.717) is 39.9 Å². The number of fused-ring (bicyclic) bond motifs is 9. The SMILES string of the molecule is N#Cc1cc(-c2nc(-c3ccccc3)nc(-c3ccccc3)n2)cc(C#N)c1N1c2ccccc2C2(c3ccccc3-c3ccccc32)c2ccccc21. The summed E-state index contributed by atoms with van der Waals surface area (Å²) in [6.07, 6.45) is 0. The van der Waals surface area contributed by atoms with Crippen LogP contribution >= 0.6 is 0 Å². The van der Waals surface area contributed by atoms with Crippen molar-refractivity contribution in [1.29, 1.82) is 10.5 Å². The predicted molar refractivity (Wildman–Crippen MR) is 211 cm³/mol. The molecule has 1 aliphatic heterocycles. The summed E-state index contributed by atoms with van der Waals surface area (Å²) in [7, 11) is 0. The van der Waals surface area contributed by atoms with Crippen LogP contribution in [0.5, 0.6) is 0 Å². The van der Waals surface area contributed by atoms with Gasteiger partial charge >= 0.3 is 0 Å². The van der Waals surface area contributed by atoms with E-state index >= 15 is 0 Å². The van der Waals surface area contributed by atoms with Crippen molar-refractivity contribution in [3.8, 4) is 57.4 Å². The van der Waals surface area contributed by atoms with Gasteiger partial charge in [-0.25, -0.2) is 15.0 Å². The van der Waals surface area contributed by atoms with E-state index < -0.39 is 5.41 Å². The maximum atomic E-state index is 10.9. The number of aromatic nitrogens is 3. The number of nitriles is 2. The Morgan fingerprint density at radius 1 is 0.407 bits per heavy atom. The number of rotatable bonds is 4. The lowest BCUT2D eigenvalue weighted by molar-refractivity contribution is 0.752. The zero-order valence-corrected chi connectivity index (χ0v) is 28.8. The third-order valence-electron chi connectivity index (χ3n) is 10.6. The molecule has 1 aliphatic carbocycles. The van der Waals surface area contributed by atoms with Crippen LogP contribution in [-0.2, 0) is 5.41 Å². The molecule has 0 fully saturated rings. The largest absolute Gasteiger partial charge is 0.307 e. The minimum Gasteiger partial charge on any atom is -0.307 e. The fourth-order valence-electron chi connectivity index (χ4n) is 8.42. The molecule has 0 radical (unpaired) electrons. The van der Waals surface area contributed by atoms with Crippen LogP contribution in [0, 0.1) is 22.7 Å². The number of benzene rings is 7. The second-order valence-electron chi connectivity index (χ2n) is 13.4. The highest BCUT2D eigenvalue weighted by Gasteiger charge is 2.51. The molecule has 8 aromatic rings. The highest BCUT2D eigenvalue weighted by Crippen LogP contribution is 2.63. The van der Waals surface area contributed by atoms with E-state index in [1.807, 2.05) is 72.8 Å². The summed E-state index contributed by atoms with van der Waals surface area (Å²) in [4.78, 5) is 16.7. The Kier molecular flexibility index (Phi) is 7.05. The summed E-state index contributed by atoms with van der Waals surface area (Å²) >= 11 is 0. The first-order chi connectivity index (χ1) is 26.7. The molecule has 2 aliphatic rings. The minimum atomic E-state index is -0.608. The Bertz CT molecular complexity index is 2680. The van der Waals surface area contributed by atoms with Gasteiger partial charge in [-0.15, -0.1) is 0 Å². The summed E-state index contributed by atoms with van der Waals surface area (Å²) in [5.74, 6) is 1.38. The van der Waals surface area contributed by atoms with Gasteiger partial charge in [0.15, 0.2) is 17.5 Å². The Morgan fingerprint density at radius 2 is 0.778 bits per heavy atom. The van der Waals surface area contributed by atoms with Gasteiger partial charge in [0.05, 0.1) is 33.6 Å². The van der Waals surface area contributed by atoms with Crippen LogP contribution in [-0.4, -0.2) is 15.0 Å². The molecular weight excluding hydrogens is 661 g/mol. The van der Waals surface area contributed by atoms with Gasteiger partial charge in [0.1, 0.15) is 12.1 Å². The van der Waals surface area contributed by atoms with Crippen molar-refractivity contribution in [3.63, 3.8) is 0 Å². The molecule has 6 nitrogen and oxygen atoms in total. The molecule has 54 heavy (non-hydrogen) atoms. The Labute approximate surface area is 312 Å². The van der Waals surface area contributed by atoms with Crippen LogP contribution < -0.4 is 4.90 Å². The van der Waals surface area contributed by atoms with E-state index in [-0.39, 0.29) is 0 Å². The summed E-state index contributed by atoms with van der Waals surface area (Å²) in [6, 6.07) is 62.0. The zero-order valence-electron chi connectivity index (χ0n) is 28.8. The van der Waals surface area contributed by atoms with Gasteiger partial charge in [-0.1, -0.05) is 146 Å². The van der Waals surface area contributed by atoms with Gasteiger partial charge in [-0.05, 0) is 57.6 Å². The molecule has 1 spiro atoms. The molecule has 1 aromatic heterocycles. The topological polar surface area (TPSA) is 89.5 Å². The van der Waals surface area contributed by atoms with Crippen molar-refractivity contribution in [1.82, 2.24) is 15.0 Å². The van der Waals surface area contributed by atoms with Crippen molar-refractivity contribution in [2.45, 2.75) is 5.41 Å². The van der Waals surface area contributed by atoms with Gasteiger partial charge in [0.2, 0.25) is 0 Å². The van der Waals surface area contributed by atoms with Crippen molar-refractivity contribution >= 4 is 17.1 Å². The van der Waals surface area contributed by atoms with Crippen LogP contribution in [0.25, 0.3) is 45.3 Å². The van der Waals surface area contributed by atoms with E-state index in [2.05, 4.69) is 102 Å². The first kappa shape index (κ1) is 31.1. The average Bonchev–Trinajstić information content (AvgIpc) is 3.55. The number of hydrogen-bond acceptors (Lipinski definition) is 6. The maximum absolute atomic E-state index is 10.9. The molecule has 250 valence electrons. The lowest BCUT2D eigenvalue weighted by Crippen LogP contribution is -2.36. The summed E-state index contributed by atoms with van der Waals surface area (Å²) in [5, 5.41) is 21.9. The molecule has 0 amide bonds. The van der Waals surface area contributed by atoms with Crippen molar-refractivity contribution in [3.05, 3.63) is 203 Å². The number of nitrogens with zero attached hydrogens (tertiary/aromatic N) is 6. The van der Waals surface area contributed by atoms with Crippen molar-refractivity contribution in [2.75, 3.05) is 4.90 Å². The molecule has 0 unspecified atom stereocenters. The molecule has 0 saturated heterocycles. The summed E-state index contributed by atoms with van der Waals surface area (Å²) in [5.41, 5.74) is 11.6. The van der Waals surface area contributed by atoms with Gasteiger partial charge in [0.25, 0.3) is 0 Å². The number of anilines is 3. The third-order valence-corrected chi connectivity index (χ3v) is 10.6. The van der Waals surface area contributed by atoms with Gasteiger partial charge in [-0.3, -0.25) is 0 Å². The first-order valence-corrected chi connectivity index (χ1v) is 17.7. The maximum Gasteiger partial charge on any atom is 0.164 e. The van der Waals surface area contributed by atoms with E-state index in [9.17, 15) is 10.5 Å². The molecule has 0 N–H and O–H groups in total. The van der Waals surface area contributed by atoms with E-state index in [1.165, 1.54) is 22.3 Å². The lowest BCUT2D eigenvalue weighted by atomic mass is 9.64. The van der Waals surface area contributed by atoms with Crippen molar-refractivity contribution in [2.24, 2.45) is 0 Å². The molecule has 2 heterocycles. The third kappa shape index (κ3) is 4.48. The molecule has 6 heteroatoms. The fourth-order valence-corrected chi connectivity index (χ4v) is 8.42. The van der Waals surface area contributed by atoms with E-state index in [4.69, 9.17) is 15.0 Å². The quantitative estimate of drug-likeness (QED) is 0.183. The Hall–Kier alpha value is -7.67. The molecule has 10 rings (SSSR count). The predicted octanol–water partition coefficient (Wildman–Crippen LogP) is 10.8. The van der Waals surface area contributed by atoms with Gasteiger partial charge in [-0.2, -0.15) is 10.5 Å². The van der Waals surface area contributed by atoms with Gasteiger partial charge in [0, 0.05) is 16.7 Å². The standard InChI is InChI=1S/C48H28N6/c49-29-34-27-33(47-52-45(31-15-3-1-4-16-31)51-46(53-47)32-17-5-2-6-18-32)28-35(30-50)44(34)54-42-25-13-11-23-40(42)48(41-24-12-14-26-43(41)54)38-21-9-7-19-36(38)37-20-8-10-22-39(37)48/h1-28H. The smallest absolute Gasteiger partial charge is 0.164 e. The summed E-state index contributed by atoms with van der Waals surface area (Å²) < 4.78 is 0. The zero-order chi connectivity index (χ0) is 36.2. The van der Waals surface area contributed by atoms with Crippen LogP contribution in [0.15, 0.2) is 170 Å². The number of para-hydroxylation sites is 2. The number of hydrogen-bond donors (Lipinski definition) is 0. The molecule has 0 atom stereocenters. The Morgan fingerprint density at radius 3 is 1.22 bits per heavy atom. The van der Waals surface area contributed by atoms with Crippen LogP contribution in [0.4, 0.5) is 17.1 Å². The van der Waals surface area contributed by atoms with E-state index in [0.717, 1.165) is 33.6 Å². The minimum absolute atomic E-state index is 0.333. The van der Waals surface area contributed by atoms with E-state index in [1.54, 1.807) is 12.1 Å². The Balaban J connectivity index is 1.21. The molecule has 0 saturated carbocycles. The lowest BCUT2D eigenvalue weighted by Gasteiger charge is -2.45. The second-order valence-corrected chi connectivity index (χ2v) is 13.4. The van der Waals surface area contributed by atoms with Crippen molar-refractivity contribution < 1.29 is 0 Å². The highest BCUT2D eigenvalue weighted by molar-refractivity contribution is 5.97. The van der Waals surface area contributed by atoms with Crippen LogP contribution in [0.2, 0.25) is 0 Å². The van der Waals surface area contributed by atoms with Gasteiger partial charge < -0.3 is 4.90 Å². The first-order valence-electron chi connectivity index (χ1n) is 17.7. The molecule has 0 bridgehead atoms. The highest BCUT2D eigenvalue weighted by atomic mass is 15.2. The van der Waals surface area contributed by atoms with Crippen LogP contribution in [0.1, 0.15) is 33.4 Å². The average molecular weight is 689 g/mol. The monoisotopic (exact) mass is 688 g/mol.